The van der Waals surface area contributed by atoms with Crippen LogP contribution in [0, 0.1) is 17.8 Å². The number of carbonyl (C=O) groups is 1. The average Bonchev–Trinajstić information content (AvgIpc) is 3.08. The standard InChI is InChI=1S/C18H26N2O2/c1-19-16-17-15(5-7-22-17)4-6-20(18(16)21)11-14-9-12-2-3-13(8-12)10-14/h5,7,12-14,16,19H,2-4,6,8-11H2,1H3. The van der Waals surface area contributed by atoms with Crippen LogP contribution in [-0.4, -0.2) is 30.9 Å². The van der Waals surface area contributed by atoms with Crippen LogP contribution >= 0.6 is 0 Å². The first-order chi connectivity index (χ1) is 10.7. The van der Waals surface area contributed by atoms with Crippen LogP contribution in [0.15, 0.2) is 16.7 Å². The predicted molar refractivity (Wildman–Crippen MR) is 84.3 cm³/mol. The van der Waals surface area contributed by atoms with Crippen LogP contribution in [0.5, 0.6) is 0 Å². The van der Waals surface area contributed by atoms with E-state index < -0.39 is 0 Å². The molecule has 1 amide bonds. The van der Waals surface area contributed by atoms with E-state index in [1.54, 1.807) is 6.26 Å². The molecule has 1 N–H and O–H groups in total. The highest BCUT2D eigenvalue weighted by Crippen LogP contribution is 2.45. The molecule has 22 heavy (non-hydrogen) atoms. The summed E-state index contributed by atoms with van der Waals surface area (Å²) in [4.78, 5) is 15.0. The maximum Gasteiger partial charge on any atom is 0.247 e. The molecule has 2 aliphatic carbocycles. The third-order valence-electron chi connectivity index (χ3n) is 6.00. The highest BCUT2D eigenvalue weighted by atomic mass is 16.3. The molecule has 0 saturated heterocycles. The molecule has 0 spiro atoms. The summed E-state index contributed by atoms with van der Waals surface area (Å²) in [6.07, 6.45) is 9.55. The van der Waals surface area contributed by atoms with Gasteiger partial charge in [-0.2, -0.15) is 0 Å². The SMILES string of the molecule is CNC1C(=O)N(CC2CC3CCC(C3)C2)CCc2ccoc21. The fourth-order valence-electron chi connectivity index (χ4n) is 5.01. The number of nitrogens with zero attached hydrogens (tertiary/aromatic N) is 1. The fraction of sp³-hybridized carbons (Fsp3) is 0.722. The van der Waals surface area contributed by atoms with Gasteiger partial charge in [0.05, 0.1) is 6.26 Å². The molecule has 120 valence electrons. The van der Waals surface area contributed by atoms with Crippen LogP contribution in [0.2, 0.25) is 0 Å². The number of rotatable bonds is 3. The lowest BCUT2D eigenvalue weighted by atomic mass is 9.81. The Hall–Kier alpha value is -1.29. The largest absolute Gasteiger partial charge is 0.467 e. The van der Waals surface area contributed by atoms with Gasteiger partial charge in [0.1, 0.15) is 11.8 Å². The van der Waals surface area contributed by atoms with Crippen molar-refractivity contribution in [2.75, 3.05) is 20.1 Å². The van der Waals surface area contributed by atoms with E-state index in [1.807, 2.05) is 13.1 Å². The third-order valence-corrected chi connectivity index (χ3v) is 6.00. The van der Waals surface area contributed by atoms with E-state index >= 15 is 0 Å². The maximum absolute atomic E-state index is 12.9. The zero-order chi connectivity index (χ0) is 15.1. The second-order valence-corrected chi connectivity index (χ2v) is 7.45. The topological polar surface area (TPSA) is 45.5 Å². The van der Waals surface area contributed by atoms with Crippen LogP contribution in [0.3, 0.4) is 0 Å². The smallest absolute Gasteiger partial charge is 0.247 e. The van der Waals surface area contributed by atoms with Crippen molar-refractivity contribution < 1.29 is 9.21 Å². The van der Waals surface area contributed by atoms with Gasteiger partial charge in [-0.05, 0) is 62.1 Å². The Bertz CT molecular complexity index is 541. The summed E-state index contributed by atoms with van der Waals surface area (Å²) >= 11 is 0. The molecule has 1 aliphatic heterocycles. The van der Waals surface area contributed by atoms with Crippen molar-refractivity contribution in [1.82, 2.24) is 10.2 Å². The van der Waals surface area contributed by atoms with Gasteiger partial charge in [0.15, 0.2) is 0 Å². The van der Waals surface area contributed by atoms with Gasteiger partial charge in [-0.1, -0.05) is 12.8 Å². The Morgan fingerprint density at radius 1 is 1.27 bits per heavy atom. The van der Waals surface area contributed by atoms with E-state index in [1.165, 1.54) is 37.7 Å². The summed E-state index contributed by atoms with van der Waals surface area (Å²) in [6, 6.07) is 1.70. The number of likely N-dealkylation sites (N-methyl/N-ethyl adjacent to an activating group) is 1. The molecule has 3 atom stereocenters. The molecule has 2 saturated carbocycles. The monoisotopic (exact) mass is 302 g/mol. The molecule has 0 radical (unpaired) electrons. The van der Waals surface area contributed by atoms with E-state index in [0.717, 1.165) is 37.1 Å². The van der Waals surface area contributed by atoms with Gasteiger partial charge in [-0.15, -0.1) is 0 Å². The number of hydrogen-bond acceptors (Lipinski definition) is 3. The molecule has 4 heteroatoms. The fourth-order valence-corrected chi connectivity index (χ4v) is 5.01. The molecule has 1 aromatic rings. The Labute approximate surface area is 132 Å². The predicted octanol–water partition coefficient (Wildman–Crippen LogP) is 2.75. The van der Waals surface area contributed by atoms with Crippen molar-refractivity contribution in [3.8, 4) is 0 Å². The zero-order valence-corrected chi connectivity index (χ0v) is 13.4. The summed E-state index contributed by atoms with van der Waals surface area (Å²) in [5.41, 5.74) is 1.18. The summed E-state index contributed by atoms with van der Waals surface area (Å²) in [7, 11) is 1.85. The van der Waals surface area contributed by atoms with Crippen molar-refractivity contribution in [3.63, 3.8) is 0 Å². The van der Waals surface area contributed by atoms with E-state index in [2.05, 4.69) is 10.2 Å². The van der Waals surface area contributed by atoms with Gasteiger partial charge in [-0.25, -0.2) is 0 Å². The number of fused-ring (bicyclic) bond motifs is 3. The second kappa shape index (κ2) is 5.73. The Balaban J connectivity index is 1.48. The molecular weight excluding hydrogens is 276 g/mol. The molecule has 2 bridgehead atoms. The van der Waals surface area contributed by atoms with Crippen molar-refractivity contribution in [2.24, 2.45) is 17.8 Å². The van der Waals surface area contributed by atoms with Crippen molar-refractivity contribution >= 4 is 5.91 Å². The first kappa shape index (κ1) is 14.3. The average molecular weight is 302 g/mol. The van der Waals surface area contributed by atoms with Gasteiger partial charge in [0.2, 0.25) is 5.91 Å². The van der Waals surface area contributed by atoms with Crippen molar-refractivity contribution in [1.29, 1.82) is 0 Å². The quantitative estimate of drug-likeness (QED) is 0.934. The highest BCUT2D eigenvalue weighted by molar-refractivity contribution is 5.83. The second-order valence-electron chi connectivity index (χ2n) is 7.45. The Morgan fingerprint density at radius 3 is 2.77 bits per heavy atom. The van der Waals surface area contributed by atoms with Crippen molar-refractivity contribution in [3.05, 3.63) is 23.7 Å². The lowest BCUT2D eigenvalue weighted by Crippen LogP contribution is -2.42. The normalized spacial score (nSPS) is 34.6. The Kier molecular flexibility index (Phi) is 3.73. The minimum absolute atomic E-state index is 0.189. The summed E-state index contributed by atoms with van der Waals surface area (Å²) in [6.45, 7) is 1.77. The van der Waals surface area contributed by atoms with Gasteiger partial charge in [-0.3, -0.25) is 4.79 Å². The molecular formula is C18H26N2O2. The van der Waals surface area contributed by atoms with Crippen LogP contribution in [-0.2, 0) is 11.2 Å². The number of carbonyl (C=O) groups excluding carboxylic acids is 1. The third kappa shape index (κ3) is 2.47. The van der Waals surface area contributed by atoms with E-state index in [-0.39, 0.29) is 11.9 Å². The molecule has 4 nitrogen and oxygen atoms in total. The minimum atomic E-state index is -0.312. The molecule has 0 aromatic carbocycles. The molecule has 2 fully saturated rings. The van der Waals surface area contributed by atoms with Gasteiger partial charge >= 0.3 is 0 Å². The molecule has 2 heterocycles. The highest BCUT2D eigenvalue weighted by Gasteiger charge is 2.37. The lowest BCUT2D eigenvalue weighted by Gasteiger charge is -2.33. The first-order valence-electron chi connectivity index (χ1n) is 8.77. The van der Waals surface area contributed by atoms with Gasteiger partial charge < -0.3 is 14.6 Å². The van der Waals surface area contributed by atoms with E-state index in [9.17, 15) is 4.79 Å². The van der Waals surface area contributed by atoms with Crippen LogP contribution < -0.4 is 5.32 Å². The first-order valence-corrected chi connectivity index (χ1v) is 8.77. The van der Waals surface area contributed by atoms with E-state index in [4.69, 9.17) is 4.42 Å². The van der Waals surface area contributed by atoms with Gasteiger partial charge in [0, 0.05) is 13.1 Å². The maximum atomic E-state index is 12.9. The minimum Gasteiger partial charge on any atom is -0.467 e. The summed E-state index contributed by atoms with van der Waals surface area (Å²) < 4.78 is 5.58. The van der Waals surface area contributed by atoms with Gasteiger partial charge in [0.25, 0.3) is 0 Å². The molecule has 3 aliphatic rings. The zero-order valence-electron chi connectivity index (χ0n) is 13.4. The van der Waals surface area contributed by atoms with Crippen LogP contribution in [0.1, 0.15) is 49.5 Å². The number of hydrogen-bond donors (Lipinski definition) is 1. The number of furan rings is 1. The molecule has 1 aromatic heterocycles. The number of nitrogens with one attached hydrogen (secondary N) is 1. The molecule has 3 unspecified atom stereocenters. The lowest BCUT2D eigenvalue weighted by molar-refractivity contribution is -0.134. The number of amides is 1. The Morgan fingerprint density at radius 2 is 2.05 bits per heavy atom. The van der Waals surface area contributed by atoms with Crippen molar-refractivity contribution in [2.45, 2.75) is 44.6 Å². The van der Waals surface area contributed by atoms with Crippen LogP contribution in [0.25, 0.3) is 0 Å². The molecule has 4 rings (SSSR count). The summed E-state index contributed by atoms with van der Waals surface area (Å²) in [5.74, 6) is 3.57. The van der Waals surface area contributed by atoms with Crippen LogP contribution in [0.4, 0.5) is 0 Å². The summed E-state index contributed by atoms with van der Waals surface area (Å²) in [5, 5.41) is 3.15. The van der Waals surface area contributed by atoms with E-state index in [0.29, 0.717) is 5.92 Å².